The van der Waals surface area contributed by atoms with Crippen molar-refractivity contribution in [2.75, 3.05) is 0 Å². The van der Waals surface area contributed by atoms with Gasteiger partial charge in [0.05, 0.1) is 10.9 Å². The van der Waals surface area contributed by atoms with E-state index in [0.717, 1.165) is 5.56 Å². The second kappa shape index (κ2) is 12.8. The highest BCUT2D eigenvalue weighted by molar-refractivity contribution is 7.89. The van der Waals surface area contributed by atoms with E-state index in [1.54, 1.807) is 36.4 Å². The molecule has 0 aromatic heterocycles. The average molecular weight is 533 g/mol. The topological polar surface area (TPSA) is 147 Å². The lowest BCUT2D eigenvalue weighted by Crippen LogP contribution is -2.40. The first-order valence-electron chi connectivity index (χ1n) is 11.6. The first kappa shape index (κ1) is 28.3. The van der Waals surface area contributed by atoms with E-state index < -0.39 is 33.9 Å². The Morgan fingerprint density at radius 2 is 1.63 bits per heavy atom. The van der Waals surface area contributed by atoms with Gasteiger partial charge in [-0.3, -0.25) is 19.6 Å². The zero-order valence-electron chi connectivity index (χ0n) is 20.3. The highest BCUT2D eigenvalue weighted by Crippen LogP contribution is 2.22. The molecule has 0 aliphatic carbocycles. The van der Waals surface area contributed by atoms with E-state index in [0.29, 0.717) is 16.7 Å². The Labute approximate surface area is 221 Å². The number of sulfonamides is 1. The number of hydroxylamine groups is 1. The van der Waals surface area contributed by atoms with Gasteiger partial charge in [-0.1, -0.05) is 58.9 Å². The fourth-order valence-corrected chi connectivity index (χ4v) is 5.02. The molecular weight excluding hydrogens is 506 g/mol. The second-order valence-electron chi connectivity index (χ2n) is 8.37. The molecule has 3 rings (SSSR count). The molecule has 3 aromatic carbocycles. The molecule has 2 amide bonds. The molecule has 0 heterocycles. The molecular formula is C28H26N3O6S. The van der Waals surface area contributed by atoms with Crippen LogP contribution >= 0.6 is 0 Å². The van der Waals surface area contributed by atoms with Gasteiger partial charge >= 0.3 is 0 Å². The quantitative estimate of drug-likeness (QED) is 0.241. The number of hydrogen-bond donors (Lipinski definition) is 3. The largest absolute Gasteiger partial charge is 0.366 e. The summed E-state index contributed by atoms with van der Waals surface area (Å²) in [6.45, 7) is 0. The first-order chi connectivity index (χ1) is 18.2. The maximum atomic E-state index is 12.9. The highest BCUT2D eigenvalue weighted by atomic mass is 32.2. The summed E-state index contributed by atoms with van der Waals surface area (Å²) in [4.78, 5) is 36.0. The van der Waals surface area contributed by atoms with Crippen LogP contribution in [-0.2, 0) is 26.0 Å². The molecule has 0 saturated carbocycles. The molecule has 9 nitrogen and oxygen atoms in total. The van der Waals surface area contributed by atoms with Gasteiger partial charge in [0.25, 0.3) is 10.0 Å². The summed E-state index contributed by atoms with van der Waals surface area (Å²) < 4.78 is 25.4. The highest BCUT2D eigenvalue weighted by Gasteiger charge is 2.31. The van der Waals surface area contributed by atoms with Crippen molar-refractivity contribution >= 4 is 28.1 Å². The Bertz CT molecular complexity index is 1430. The molecule has 10 heteroatoms. The van der Waals surface area contributed by atoms with E-state index in [-0.39, 0.29) is 28.6 Å². The minimum absolute atomic E-state index is 0.101. The minimum Gasteiger partial charge on any atom is -0.366 e. The molecule has 195 valence electrons. The third-order valence-electron chi connectivity index (χ3n) is 5.86. The number of terminal acetylenes is 1. The number of hydrogen-bond acceptors (Lipinski definition) is 6. The number of carbonyl (C=O) groups is 2. The molecule has 1 unspecified atom stereocenters. The van der Waals surface area contributed by atoms with Crippen molar-refractivity contribution in [2.45, 2.75) is 36.2 Å². The van der Waals surface area contributed by atoms with Crippen molar-refractivity contribution in [1.82, 2.24) is 9.79 Å². The fraction of sp³-hybridized carbons (Fsp3) is 0.179. The van der Waals surface area contributed by atoms with Crippen LogP contribution in [0.1, 0.15) is 45.9 Å². The molecule has 0 fully saturated rings. The van der Waals surface area contributed by atoms with Gasteiger partial charge in [-0.15, -0.1) is 6.42 Å². The summed E-state index contributed by atoms with van der Waals surface area (Å²) in [6, 6.07) is 18.8. The maximum Gasteiger partial charge on any atom is 0.265 e. The van der Waals surface area contributed by atoms with Crippen molar-refractivity contribution in [3.05, 3.63) is 101 Å². The normalized spacial score (nSPS) is 12.8. The van der Waals surface area contributed by atoms with E-state index >= 15 is 0 Å². The number of nitrogens with two attached hydrogens (primary N) is 1. The summed E-state index contributed by atoms with van der Waals surface area (Å²) in [5.74, 6) is 1.26. The molecule has 38 heavy (non-hydrogen) atoms. The zero-order chi connectivity index (χ0) is 27.7. The van der Waals surface area contributed by atoms with Gasteiger partial charge in [0, 0.05) is 17.5 Å². The lowest BCUT2D eigenvalue weighted by atomic mass is 9.95. The number of primary amides is 1. The number of nitrogens with one attached hydrogen (secondary N) is 1. The Morgan fingerprint density at radius 3 is 2.24 bits per heavy atom. The predicted molar refractivity (Wildman–Crippen MR) is 140 cm³/mol. The van der Waals surface area contributed by atoms with Crippen LogP contribution in [0.5, 0.6) is 0 Å². The van der Waals surface area contributed by atoms with Crippen LogP contribution in [0.3, 0.4) is 0 Å². The summed E-state index contributed by atoms with van der Waals surface area (Å²) in [5, 5.41) is 13.2. The molecule has 0 aliphatic heterocycles. The molecule has 1 radical (unpaired) electrons. The molecule has 0 saturated heterocycles. The number of rotatable bonds is 12. The SMILES string of the molecule is C#Cc1ccc(S(=O)(=O)N(O)[C@@H]([C]=O)CCC(=O)NC(Cc2ccccc2C(N)=O)c2ccccc2)cc1. The predicted octanol–water partition coefficient (Wildman–Crippen LogP) is 2.51. The monoisotopic (exact) mass is 532 g/mol. The van der Waals surface area contributed by atoms with Gasteiger partial charge in [0.1, 0.15) is 6.04 Å². The van der Waals surface area contributed by atoms with Crippen molar-refractivity contribution in [3.63, 3.8) is 0 Å². The maximum absolute atomic E-state index is 12.9. The number of benzene rings is 3. The standard InChI is InChI=1S/C28H26N3O6S/c1-2-20-12-15-24(16-13-20)38(36,37)31(35)23(19-32)14-17-27(33)30-26(21-8-4-3-5-9-21)18-22-10-6-7-11-25(22)28(29)34/h1,3-13,15-16,23,26,35H,14,17-18H2,(H2,29,34)(H,30,33)/t23-,26?/m1/s1. The first-order valence-corrected chi connectivity index (χ1v) is 13.0. The summed E-state index contributed by atoms with van der Waals surface area (Å²) in [5.41, 5.74) is 7.67. The minimum atomic E-state index is -4.46. The van der Waals surface area contributed by atoms with Crippen LogP contribution in [0.2, 0.25) is 0 Å². The van der Waals surface area contributed by atoms with Crippen molar-refractivity contribution < 1.29 is 28.0 Å². The fourth-order valence-electron chi connectivity index (χ4n) is 3.84. The summed E-state index contributed by atoms with van der Waals surface area (Å²) in [7, 11) is -4.46. The van der Waals surface area contributed by atoms with Crippen LogP contribution in [0.25, 0.3) is 0 Å². The lowest BCUT2D eigenvalue weighted by molar-refractivity contribution is -0.122. The second-order valence-corrected chi connectivity index (χ2v) is 10.2. The van der Waals surface area contributed by atoms with E-state index in [1.807, 2.05) is 18.2 Å². The molecule has 0 bridgehead atoms. The van der Waals surface area contributed by atoms with E-state index in [2.05, 4.69) is 11.2 Å². The Balaban J connectivity index is 1.72. The Kier molecular flexibility index (Phi) is 9.51. The number of carbonyl (C=O) groups excluding carboxylic acids is 3. The van der Waals surface area contributed by atoms with Crippen LogP contribution in [0, 0.1) is 12.3 Å². The summed E-state index contributed by atoms with van der Waals surface area (Å²) in [6.07, 6.45) is 6.40. The van der Waals surface area contributed by atoms with Gasteiger partial charge < -0.3 is 11.1 Å². The van der Waals surface area contributed by atoms with Gasteiger partial charge in [-0.2, -0.15) is 0 Å². The lowest BCUT2D eigenvalue weighted by Gasteiger charge is -2.22. The van der Waals surface area contributed by atoms with Crippen LogP contribution < -0.4 is 11.1 Å². The van der Waals surface area contributed by atoms with Crippen LogP contribution in [0.15, 0.2) is 83.8 Å². The van der Waals surface area contributed by atoms with Gasteiger partial charge in [-0.05, 0) is 54.3 Å². The van der Waals surface area contributed by atoms with Crippen molar-refractivity contribution in [3.8, 4) is 12.3 Å². The molecule has 0 aliphatic rings. The third-order valence-corrected chi connectivity index (χ3v) is 7.47. The molecule has 0 spiro atoms. The van der Waals surface area contributed by atoms with Crippen molar-refractivity contribution in [2.24, 2.45) is 5.73 Å². The molecule has 3 aromatic rings. The molecule has 4 N–H and O–H groups in total. The number of nitrogens with zero attached hydrogens (tertiary/aromatic N) is 1. The van der Waals surface area contributed by atoms with E-state index in [4.69, 9.17) is 12.2 Å². The smallest absolute Gasteiger partial charge is 0.265 e. The van der Waals surface area contributed by atoms with Gasteiger partial charge in [-0.25, -0.2) is 8.42 Å². The van der Waals surface area contributed by atoms with E-state index in [1.165, 1.54) is 30.6 Å². The Morgan fingerprint density at radius 1 is 1.00 bits per heavy atom. The van der Waals surface area contributed by atoms with Gasteiger partial charge in [0.15, 0.2) is 0 Å². The van der Waals surface area contributed by atoms with Crippen molar-refractivity contribution in [1.29, 1.82) is 0 Å². The van der Waals surface area contributed by atoms with E-state index in [9.17, 15) is 28.0 Å². The van der Waals surface area contributed by atoms with Crippen LogP contribution in [0.4, 0.5) is 0 Å². The zero-order valence-corrected chi connectivity index (χ0v) is 21.1. The average Bonchev–Trinajstić information content (AvgIpc) is 2.93. The summed E-state index contributed by atoms with van der Waals surface area (Å²) >= 11 is 0. The molecule has 2 atom stereocenters. The Hall–Kier alpha value is -4.30. The van der Waals surface area contributed by atoms with Gasteiger partial charge in [0.2, 0.25) is 18.1 Å². The third kappa shape index (κ3) is 6.92. The van der Waals surface area contributed by atoms with Crippen LogP contribution in [-0.4, -0.2) is 42.2 Å². The number of amides is 2.